The Labute approximate surface area is 234 Å². The Morgan fingerprint density at radius 1 is 1.00 bits per heavy atom. The minimum absolute atomic E-state index is 0.0628. The SMILES string of the molecule is CC[C@@H](CC[C@H](CC)NC(=O)[C@H](CC)NC(=O)N(C)Cc1csc(C(C)C)n1)NC(=O)OCc1cncs1. The first-order chi connectivity index (χ1) is 18.2. The van der Waals surface area contributed by atoms with Crippen LogP contribution in [0.3, 0.4) is 0 Å². The molecule has 0 unspecified atom stereocenters. The van der Waals surface area contributed by atoms with Crippen LogP contribution in [0.25, 0.3) is 0 Å². The van der Waals surface area contributed by atoms with Gasteiger partial charge in [0, 0.05) is 36.6 Å². The Bertz CT molecular complexity index is 998. The van der Waals surface area contributed by atoms with Crippen molar-refractivity contribution < 1.29 is 19.1 Å². The molecule has 12 heteroatoms. The van der Waals surface area contributed by atoms with Crippen LogP contribution in [0, 0.1) is 0 Å². The van der Waals surface area contributed by atoms with Crippen LogP contribution in [0.2, 0.25) is 0 Å². The number of nitrogens with zero attached hydrogens (tertiary/aromatic N) is 3. The van der Waals surface area contributed by atoms with Gasteiger partial charge in [0.05, 0.1) is 27.6 Å². The molecule has 4 amide bonds. The predicted octanol–water partition coefficient (Wildman–Crippen LogP) is 5.02. The van der Waals surface area contributed by atoms with Crippen LogP contribution < -0.4 is 16.0 Å². The molecule has 2 rings (SSSR count). The second kappa shape index (κ2) is 16.3. The average Bonchev–Trinajstić information content (AvgIpc) is 3.59. The van der Waals surface area contributed by atoms with E-state index in [0.29, 0.717) is 31.7 Å². The second-order valence-corrected chi connectivity index (χ2v) is 11.4. The van der Waals surface area contributed by atoms with Gasteiger partial charge in [-0.05, 0) is 32.1 Å². The van der Waals surface area contributed by atoms with E-state index in [2.05, 4.69) is 39.8 Å². The smallest absolute Gasteiger partial charge is 0.407 e. The normalized spacial score (nSPS) is 13.4. The number of alkyl carbamates (subject to hydrolysis) is 1. The highest BCUT2D eigenvalue weighted by atomic mass is 32.1. The minimum Gasteiger partial charge on any atom is -0.444 e. The van der Waals surface area contributed by atoms with Crippen molar-refractivity contribution >= 4 is 40.7 Å². The third kappa shape index (κ3) is 10.6. The van der Waals surface area contributed by atoms with E-state index in [0.717, 1.165) is 28.4 Å². The Kier molecular flexibility index (Phi) is 13.5. The van der Waals surface area contributed by atoms with Gasteiger partial charge in [-0.15, -0.1) is 22.7 Å². The van der Waals surface area contributed by atoms with E-state index < -0.39 is 12.1 Å². The fourth-order valence-corrected chi connectivity index (χ4v) is 5.04. The maximum Gasteiger partial charge on any atom is 0.407 e. The molecule has 0 fully saturated rings. The van der Waals surface area contributed by atoms with Crippen LogP contribution in [-0.4, -0.2) is 58.1 Å². The van der Waals surface area contributed by atoms with Crippen molar-refractivity contribution in [3.8, 4) is 0 Å². The molecular formula is C26H42N6O4S2. The first-order valence-electron chi connectivity index (χ1n) is 13.2. The molecule has 0 aliphatic rings. The third-order valence-electron chi connectivity index (χ3n) is 6.18. The van der Waals surface area contributed by atoms with Gasteiger partial charge in [0.1, 0.15) is 12.6 Å². The Hall–Kier alpha value is -2.73. The summed E-state index contributed by atoms with van der Waals surface area (Å²) in [5.74, 6) is 0.140. The predicted molar refractivity (Wildman–Crippen MR) is 151 cm³/mol. The lowest BCUT2D eigenvalue weighted by Crippen LogP contribution is -2.52. The molecule has 2 aromatic heterocycles. The highest BCUT2D eigenvalue weighted by molar-refractivity contribution is 7.09. The summed E-state index contributed by atoms with van der Waals surface area (Å²) < 4.78 is 5.27. The molecule has 0 spiro atoms. The van der Waals surface area contributed by atoms with Crippen molar-refractivity contribution in [1.29, 1.82) is 0 Å². The number of hydrogen-bond acceptors (Lipinski definition) is 8. The number of nitrogens with one attached hydrogen (secondary N) is 3. The van der Waals surface area contributed by atoms with Gasteiger partial charge in [-0.2, -0.15) is 0 Å². The van der Waals surface area contributed by atoms with E-state index >= 15 is 0 Å². The van der Waals surface area contributed by atoms with Crippen LogP contribution in [0.5, 0.6) is 0 Å². The van der Waals surface area contributed by atoms with Crippen molar-refractivity contribution in [3.63, 3.8) is 0 Å². The molecule has 212 valence electrons. The molecule has 10 nitrogen and oxygen atoms in total. The van der Waals surface area contributed by atoms with E-state index in [4.69, 9.17) is 4.74 Å². The van der Waals surface area contributed by atoms with Gasteiger partial charge in [0.15, 0.2) is 0 Å². The molecule has 0 aliphatic heterocycles. The molecule has 2 aromatic rings. The van der Waals surface area contributed by atoms with Crippen molar-refractivity contribution in [2.24, 2.45) is 0 Å². The summed E-state index contributed by atoms with van der Waals surface area (Å²) in [6.45, 7) is 10.6. The minimum atomic E-state index is -0.637. The highest BCUT2D eigenvalue weighted by Gasteiger charge is 2.24. The Morgan fingerprint density at radius 2 is 1.68 bits per heavy atom. The van der Waals surface area contributed by atoms with Crippen LogP contribution in [-0.2, 0) is 22.7 Å². The van der Waals surface area contributed by atoms with Crippen molar-refractivity contribution in [3.05, 3.63) is 32.7 Å². The average molecular weight is 567 g/mol. The number of carbonyl (C=O) groups is 3. The third-order valence-corrected chi connectivity index (χ3v) is 8.13. The molecule has 0 radical (unpaired) electrons. The monoisotopic (exact) mass is 566 g/mol. The van der Waals surface area contributed by atoms with E-state index in [-0.39, 0.29) is 30.6 Å². The molecule has 0 aliphatic carbocycles. The number of carbonyl (C=O) groups excluding carboxylic acids is 3. The summed E-state index contributed by atoms with van der Waals surface area (Å²) in [4.78, 5) is 48.9. The fourth-order valence-electron chi connectivity index (χ4n) is 3.71. The van der Waals surface area contributed by atoms with Gasteiger partial charge in [-0.3, -0.25) is 9.78 Å². The first-order valence-corrected chi connectivity index (χ1v) is 15.0. The van der Waals surface area contributed by atoms with Crippen molar-refractivity contribution in [2.45, 2.75) is 104 Å². The zero-order valence-corrected chi connectivity index (χ0v) is 24.9. The Morgan fingerprint density at radius 3 is 2.24 bits per heavy atom. The number of ether oxygens (including phenoxy) is 1. The summed E-state index contributed by atoms with van der Waals surface area (Å²) in [6.07, 6.45) is 4.57. The largest absolute Gasteiger partial charge is 0.444 e. The van der Waals surface area contributed by atoms with Crippen LogP contribution in [0.4, 0.5) is 9.59 Å². The molecule has 3 N–H and O–H groups in total. The summed E-state index contributed by atoms with van der Waals surface area (Å²) in [6, 6.07) is -1.08. The van der Waals surface area contributed by atoms with Crippen LogP contribution >= 0.6 is 22.7 Å². The van der Waals surface area contributed by atoms with E-state index in [1.807, 2.05) is 26.2 Å². The lowest BCUT2D eigenvalue weighted by molar-refractivity contribution is -0.123. The standard InChI is InChI=1S/C26H42N6O4S2/c1-7-18(10-11-19(8-2)30-26(35)36-14-21-12-27-16-38-21)28-23(33)22(9-3)31-25(34)32(6)13-20-15-37-24(29-20)17(4)5/h12,15-19,22H,7-11,13-14H2,1-6H3,(H,28,33)(H,30,35)(H,31,34)/t18-,19-,22-/m0/s1. The zero-order valence-electron chi connectivity index (χ0n) is 23.3. The number of rotatable bonds is 15. The molecule has 38 heavy (non-hydrogen) atoms. The first kappa shape index (κ1) is 31.5. The lowest BCUT2D eigenvalue weighted by atomic mass is 10.0. The number of aromatic nitrogens is 2. The van der Waals surface area contributed by atoms with Gasteiger partial charge in [-0.1, -0.05) is 34.6 Å². The van der Waals surface area contributed by atoms with Gasteiger partial charge < -0.3 is 25.6 Å². The lowest BCUT2D eigenvalue weighted by Gasteiger charge is -2.25. The zero-order chi connectivity index (χ0) is 28.1. The maximum atomic E-state index is 13.0. The molecule has 0 saturated heterocycles. The maximum absolute atomic E-state index is 13.0. The number of urea groups is 1. The Balaban J connectivity index is 1.80. The number of hydrogen-bond donors (Lipinski definition) is 3. The van der Waals surface area contributed by atoms with Gasteiger partial charge in [0.25, 0.3) is 0 Å². The molecule has 2 heterocycles. The highest BCUT2D eigenvalue weighted by Crippen LogP contribution is 2.20. The van der Waals surface area contributed by atoms with Crippen molar-refractivity contribution in [1.82, 2.24) is 30.8 Å². The van der Waals surface area contributed by atoms with E-state index in [1.54, 1.807) is 30.1 Å². The summed E-state index contributed by atoms with van der Waals surface area (Å²) in [5.41, 5.74) is 2.54. The van der Waals surface area contributed by atoms with E-state index in [9.17, 15) is 14.4 Å². The van der Waals surface area contributed by atoms with Gasteiger partial charge >= 0.3 is 12.1 Å². The van der Waals surface area contributed by atoms with E-state index in [1.165, 1.54) is 16.2 Å². The van der Waals surface area contributed by atoms with Gasteiger partial charge in [0.2, 0.25) is 5.91 Å². The van der Waals surface area contributed by atoms with Crippen LogP contribution in [0.1, 0.15) is 88.2 Å². The fraction of sp³-hybridized carbons (Fsp3) is 0.654. The molecule has 0 bridgehead atoms. The molecule has 0 saturated carbocycles. The van der Waals surface area contributed by atoms with Crippen LogP contribution in [0.15, 0.2) is 17.1 Å². The van der Waals surface area contributed by atoms with Crippen molar-refractivity contribution in [2.75, 3.05) is 7.05 Å². The molecule has 3 atom stereocenters. The summed E-state index contributed by atoms with van der Waals surface area (Å²) in [7, 11) is 1.70. The second-order valence-electron chi connectivity index (χ2n) is 9.58. The quantitative estimate of drug-likeness (QED) is 0.278. The van der Waals surface area contributed by atoms with Gasteiger partial charge in [-0.25, -0.2) is 14.6 Å². The molecular weight excluding hydrogens is 524 g/mol. The molecule has 0 aromatic carbocycles. The number of thiazole rings is 2. The summed E-state index contributed by atoms with van der Waals surface area (Å²) in [5, 5.41) is 11.8. The summed E-state index contributed by atoms with van der Waals surface area (Å²) >= 11 is 3.03. The topological polar surface area (TPSA) is 126 Å². The number of amides is 4.